The number of hydrogen-bond acceptors (Lipinski definition) is 7. The fourth-order valence-corrected chi connectivity index (χ4v) is 2.39. The first-order valence-electron chi connectivity index (χ1n) is 8.21. The molecule has 1 aromatic heterocycles. The summed E-state index contributed by atoms with van der Waals surface area (Å²) < 4.78 is 16.0. The van der Waals surface area contributed by atoms with Crippen molar-refractivity contribution in [2.45, 2.75) is 6.10 Å². The molecular weight excluding hydrogens is 366 g/mol. The Bertz CT molecular complexity index is 1100. The normalized spacial score (nSPS) is 11.6. The van der Waals surface area contributed by atoms with Crippen molar-refractivity contribution >= 4 is 16.9 Å². The van der Waals surface area contributed by atoms with Crippen molar-refractivity contribution in [2.75, 3.05) is 13.2 Å². The van der Waals surface area contributed by atoms with E-state index >= 15 is 0 Å². The molecule has 8 heteroatoms. The van der Waals surface area contributed by atoms with E-state index in [1.807, 2.05) is 6.07 Å². The molecule has 28 heavy (non-hydrogen) atoms. The van der Waals surface area contributed by atoms with E-state index in [0.29, 0.717) is 17.1 Å². The van der Waals surface area contributed by atoms with Gasteiger partial charge in [0.1, 0.15) is 36.4 Å². The first kappa shape index (κ1) is 18.9. The van der Waals surface area contributed by atoms with Crippen LogP contribution < -0.4 is 14.9 Å². The quantitative estimate of drug-likeness (QED) is 0.637. The molecule has 1 unspecified atom stereocenters. The van der Waals surface area contributed by atoms with Gasteiger partial charge in [0.25, 0.3) is 0 Å². The van der Waals surface area contributed by atoms with Gasteiger partial charge in [0, 0.05) is 6.07 Å². The van der Waals surface area contributed by atoms with Gasteiger partial charge in [0.05, 0.1) is 17.0 Å². The van der Waals surface area contributed by atoms with Crippen molar-refractivity contribution in [1.82, 2.24) is 0 Å². The summed E-state index contributed by atoms with van der Waals surface area (Å²) >= 11 is 0. The smallest absolute Gasteiger partial charge is 0.371 e. The van der Waals surface area contributed by atoms with E-state index in [9.17, 15) is 14.7 Å². The topological polar surface area (TPSA) is 130 Å². The van der Waals surface area contributed by atoms with Crippen LogP contribution in [0.3, 0.4) is 0 Å². The summed E-state index contributed by atoms with van der Waals surface area (Å²) in [6.07, 6.45) is -0.933. The van der Waals surface area contributed by atoms with Gasteiger partial charge in [-0.15, -0.1) is 0 Å². The largest absolute Gasteiger partial charge is 0.491 e. The number of carbonyl (C=O) groups is 1. The van der Waals surface area contributed by atoms with Gasteiger partial charge in [-0.25, -0.2) is 4.79 Å². The van der Waals surface area contributed by atoms with Crippen molar-refractivity contribution < 1.29 is 28.9 Å². The highest BCUT2D eigenvalue weighted by atomic mass is 16.5. The number of aliphatic hydroxyl groups excluding tert-OH is 1. The minimum absolute atomic E-state index is 0.0242. The van der Waals surface area contributed by atoms with Crippen molar-refractivity contribution in [3.8, 4) is 17.6 Å². The second-order valence-electron chi connectivity index (χ2n) is 5.85. The lowest BCUT2D eigenvalue weighted by molar-refractivity contribution is 0.0626. The van der Waals surface area contributed by atoms with Gasteiger partial charge in [-0.05, 0) is 42.5 Å². The number of ether oxygens (including phenoxy) is 2. The monoisotopic (exact) mass is 381 g/mol. The summed E-state index contributed by atoms with van der Waals surface area (Å²) in [7, 11) is 0. The number of fused-ring (bicyclic) bond motifs is 1. The molecule has 2 N–H and O–H groups in total. The Labute approximate surface area is 158 Å². The Balaban J connectivity index is 1.60. The summed E-state index contributed by atoms with van der Waals surface area (Å²) in [5.41, 5.74) is 0.128. The van der Waals surface area contributed by atoms with Gasteiger partial charge in [-0.2, -0.15) is 5.26 Å². The third kappa shape index (κ3) is 4.47. The highest BCUT2D eigenvalue weighted by molar-refractivity contribution is 5.87. The highest BCUT2D eigenvalue weighted by Gasteiger charge is 2.12. The molecule has 3 rings (SSSR count). The minimum Gasteiger partial charge on any atom is -0.491 e. The molecule has 0 saturated heterocycles. The fraction of sp³-hybridized carbons (Fsp3) is 0.150. The first-order chi connectivity index (χ1) is 13.5. The number of hydrogen-bond donors (Lipinski definition) is 2. The van der Waals surface area contributed by atoms with Crippen LogP contribution >= 0.6 is 0 Å². The standard InChI is InChI=1S/C20H15NO7/c21-9-12-1-3-14(4-2-12)26-10-13(22)11-27-15-5-6-18-16(7-15)17(23)8-19(28-18)20(24)25/h1-8,13,22H,10-11H2,(H,24,25). The van der Waals surface area contributed by atoms with Crippen LogP contribution in [0.1, 0.15) is 16.1 Å². The van der Waals surface area contributed by atoms with E-state index in [1.165, 1.54) is 18.2 Å². The summed E-state index contributed by atoms with van der Waals surface area (Å²) in [4.78, 5) is 23.0. The average Bonchev–Trinajstić information content (AvgIpc) is 2.71. The van der Waals surface area contributed by atoms with Gasteiger partial charge in [0.2, 0.25) is 5.76 Å². The molecule has 0 saturated carbocycles. The Morgan fingerprint density at radius 2 is 1.71 bits per heavy atom. The number of carboxylic acid groups (broad SMARTS) is 1. The lowest BCUT2D eigenvalue weighted by atomic mass is 10.2. The van der Waals surface area contributed by atoms with E-state index in [4.69, 9.17) is 24.3 Å². The van der Waals surface area contributed by atoms with Crippen molar-refractivity contribution in [1.29, 1.82) is 5.26 Å². The molecule has 142 valence electrons. The molecule has 3 aromatic rings. The van der Waals surface area contributed by atoms with Crippen LogP contribution in [-0.2, 0) is 0 Å². The maximum atomic E-state index is 12.0. The summed E-state index contributed by atoms with van der Waals surface area (Å²) in [6.45, 7) is -0.107. The Kier molecular flexibility index (Phi) is 5.58. The number of carboxylic acids is 1. The SMILES string of the molecule is N#Cc1ccc(OCC(O)COc2ccc3oc(C(=O)O)cc(=O)c3c2)cc1. The molecule has 2 aromatic carbocycles. The minimum atomic E-state index is -1.33. The van der Waals surface area contributed by atoms with Gasteiger partial charge >= 0.3 is 5.97 Å². The number of nitrogens with zero attached hydrogens (tertiary/aromatic N) is 1. The molecule has 0 radical (unpaired) electrons. The summed E-state index contributed by atoms with van der Waals surface area (Å²) in [5.74, 6) is -0.942. The molecule has 0 aliphatic carbocycles. The van der Waals surface area contributed by atoms with Crippen molar-refractivity contribution in [2.24, 2.45) is 0 Å². The third-order valence-electron chi connectivity index (χ3n) is 3.78. The van der Waals surface area contributed by atoms with Crippen molar-refractivity contribution in [3.05, 3.63) is 70.1 Å². The van der Waals surface area contributed by atoms with E-state index in [1.54, 1.807) is 24.3 Å². The number of nitriles is 1. The van der Waals surface area contributed by atoms with E-state index in [2.05, 4.69) is 0 Å². The highest BCUT2D eigenvalue weighted by Crippen LogP contribution is 2.20. The van der Waals surface area contributed by atoms with Gasteiger partial charge in [0.15, 0.2) is 5.43 Å². The van der Waals surface area contributed by atoms with E-state index in [-0.39, 0.29) is 24.2 Å². The van der Waals surface area contributed by atoms with Crippen LogP contribution in [0.4, 0.5) is 0 Å². The molecule has 0 spiro atoms. The van der Waals surface area contributed by atoms with E-state index in [0.717, 1.165) is 6.07 Å². The van der Waals surface area contributed by atoms with Crippen LogP contribution in [0.25, 0.3) is 11.0 Å². The molecule has 0 amide bonds. The lowest BCUT2D eigenvalue weighted by Crippen LogP contribution is -2.25. The maximum absolute atomic E-state index is 12.0. The first-order valence-corrected chi connectivity index (χ1v) is 8.21. The molecule has 8 nitrogen and oxygen atoms in total. The Morgan fingerprint density at radius 1 is 1.07 bits per heavy atom. The summed E-state index contributed by atoms with van der Waals surface area (Å²) in [6, 6.07) is 13.7. The number of rotatable bonds is 7. The molecule has 0 fully saturated rings. The van der Waals surface area contributed by atoms with Crippen molar-refractivity contribution in [3.63, 3.8) is 0 Å². The lowest BCUT2D eigenvalue weighted by Gasteiger charge is -2.14. The molecule has 0 aliphatic rings. The zero-order chi connectivity index (χ0) is 20.1. The van der Waals surface area contributed by atoms with Crippen LogP contribution in [0.15, 0.2) is 57.7 Å². The number of aromatic carboxylic acids is 1. The maximum Gasteiger partial charge on any atom is 0.371 e. The number of aliphatic hydroxyl groups is 1. The zero-order valence-electron chi connectivity index (χ0n) is 14.5. The molecular formula is C20H15NO7. The zero-order valence-corrected chi connectivity index (χ0v) is 14.5. The van der Waals surface area contributed by atoms with Crippen LogP contribution in [0.2, 0.25) is 0 Å². The van der Waals surface area contributed by atoms with Gasteiger partial charge in [-0.1, -0.05) is 0 Å². The molecule has 0 bridgehead atoms. The average molecular weight is 381 g/mol. The van der Waals surface area contributed by atoms with E-state index < -0.39 is 23.3 Å². The van der Waals surface area contributed by atoms with Gasteiger partial charge < -0.3 is 24.1 Å². The van der Waals surface area contributed by atoms with Gasteiger partial charge in [-0.3, -0.25) is 4.79 Å². The Morgan fingerprint density at radius 3 is 2.36 bits per heavy atom. The molecule has 1 heterocycles. The second kappa shape index (κ2) is 8.24. The third-order valence-corrected chi connectivity index (χ3v) is 3.78. The van der Waals surface area contributed by atoms with Crippen LogP contribution in [-0.4, -0.2) is 35.5 Å². The fourth-order valence-electron chi connectivity index (χ4n) is 2.39. The molecule has 0 aliphatic heterocycles. The second-order valence-corrected chi connectivity index (χ2v) is 5.85. The van der Waals surface area contributed by atoms with Crippen LogP contribution in [0, 0.1) is 11.3 Å². The molecule has 1 atom stereocenters. The predicted octanol–water partition coefficient (Wildman–Crippen LogP) is 2.18. The number of benzene rings is 2. The Hall–Kier alpha value is -3.83. The van der Waals surface area contributed by atoms with Crippen LogP contribution in [0.5, 0.6) is 11.5 Å². The predicted molar refractivity (Wildman–Crippen MR) is 97.6 cm³/mol. The summed E-state index contributed by atoms with van der Waals surface area (Å²) in [5, 5.41) is 27.8.